The summed E-state index contributed by atoms with van der Waals surface area (Å²) in [5.41, 5.74) is 1.21. The van der Waals surface area contributed by atoms with Gasteiger partial charge in [-0.05, 0) is 96.9 Å². The predicted molar refractivity (Wildman–Crippen MR) is 168 cm³/mol. The molecule has 1 unspecified atom stereocenters. The number of anilines is 1. The zero-order valence-corrected chi connectivity index (χ0v) is 25.8. The van der Waals surface area contributed by atoms with Crippen molar-refractivity contribution in [3.63, 3.8) is 0 Å². The van der Waals surface area contributed by atoms with Crippen molar-refractivity contribution in [3.8, 4) is 23.0 Å². The zero-order chi connectivity index (χ0) is 35.1. The Kier molecular flexibility index (Phi) is 10.4. The summed E-state index contributed by atoms with van der Waals surface area (Å²) in [4.78, 5) is 62.2. The Bertz CT molecular complexity index is 1870. The molecule has 250 valence electrons. The van der Waals surface area contributed by atoms with Crippen LogP contribution in [0.25, 0.3) is 0 Å². The fraction of sp³-hybridized carbons (Fsp3) is 0.114. The van der Waals surface area contributed by atoms with Gasteiger partial charge < -0.3 is 18.9 Å². The molecule has 0 bridgehead atoms. The second-order valence-corrected chi connectivity index (χ2v) is 10.8. The average molecular weight is 694 g/mol. The summed E-state index contributed by atoms with van der Waals surface area (Å²) in [5, 5.41) is -1.05. The highest BCUT2D eigenvalue weighted by molar-refractivity contribution is 6.30. The fourth-order valence-electron chi connectivity index (χ4n) is 4.33. The molecule has 49 heavy (non-hydrogen) atoms. The predicted octanol–water partition coefficient (Wildman–Crippen LogP) is 6.25. The van der Waals surface area contributed by atoms with Gasteiger partial charge in [0, 0.05) is 12.2 Å². The van der Waals surface area contributed by atoms with Crippen molar-refractivity contribution < 1.29 is 56.1 Å². The molecule has 0 radical (unpaired) electrons. The van der Waals surface area contributed by atoms with Crippen LogP contribution in [0.2, 0.25) is 0 Å². The summed E-state index contributed by atoms with van der Waals surface area (Å²) >= 11 is 6.27. The monoisotopic (exact) mass is 693 g/mol. The van der Waals surface area contributed by atoms with Crippen molar-refractivity contribution in [2.45, 2.75) is 18.0 Å². The third kappa shape index (κ3) is 9.32. The maximum Gasteiger partial charge on any atom is 0.422 e. The number of hydrogen-bond donors (Lipinski definition) is 0. The first kappa shape index (κ1) is 34.4. The number of imide groups is 1. The molecule has 4 aromatic rings. The minimum atomic E-state index is -4.49. The van der Waals surface area contributed by atoms with E-state index >= 15 is 0 Å². The van der Waals surface area contributed by atoms with E-state index in [4.69, 9.17) is 25.8 Å². The normalized spacial score (nSPS) is 13.2. The Labute approximate surface area is 281 Å². The number of halogens is 4. The second-order valence-electron chi connectivity index (χ2n) is 10.3. The first-order valence-corrected chi connectivity index (χ1v) is 14.7. The summed E-state index contributed by atoms with van der Waals surface area (Å²) in [7, 11) is 0. The molecule has 5 rings (SSSR count). The number of nitrogens with zero attached hydrogens (tertiary/aromatic N) is 1. The Morgan fingerprint density at radius 2 is 1.06 bits per heavy atom. The van der Waals surface area contributed by atoms with Crippen molar-refractivity contribution in [2.75, 3.05) is 11.5 Å². The van der Waals surface area contributed by atoms with E-state index in [9.17, 15) is 37.1 Å². The molecule has 1 atom stereocenters. The van der Waals surface area contributed by atoms with Gasteiger partial charge in [-0.3, -0.25) is 14.4 Å². The van der Waals surface area contributed by atoms with E-state index < -0.39 is 47.9 Å². The molecule has 2 amide bonds. The van der Waals surface area contributed by atoms with Gasteiger partial charge in [0.25, 0.3) is 11.8 Å². The van der Waals surface area contributed by atoms with Gasteiger partial charge in [-0.15, -0.1) is 11.6 Å². The number of carbonyl (C=O) groups excluding carboxylic acids is 5. The topological polar surface area (TPSA) is 126 Å². The third-order valence-corrected chi connectivity index (χ3v) is 7.05. The lowest BCUT2D eigenvalue weighted by Crippen LogP contribution is -2.29. The van der Waals surface area contributed by atoms with Crippen LogP contribution in [0.4, 0.5) is 18.9 Å². The number of benzene rings is 4. The van der Waals surface area contributed by atoms with Gasteiger partial charge >= 0.3 is 24.1 Å². The molecule has 0 spiro atoms. The van der Waals surface area contributed by atoms with E-state index in [1.807, 2.05) is 0 Å². The van der Waals surface area contributed by atoms with Crippen LogP contribution in [0.1, 0.15) is 26.3 Å². The van der Waals surface area contributed by atoms with Gasteiger partial charge in [-0.2, -0.15) is 13.2 Å². The van der Waals surface area contributed by atoms with E-state index in [0.29, 0.717) is 11.3 Å². The van der Waals surface area contributed by atoms with Crippen molar-refractivity contribution in [3.05, 3.63) is 126 Å². The number of amides is 2. The molecule has 1 aliphatic rings. The molecule has 0 saturated carbocycles. The van der Waals surface area contributed by atoms with Crippen LogP contribution in [0.3, 0.4) is 0 Å². The van der Waals surface area contributed by atoms with Crippen LogP contribution in [0.5, 0.6) is 23.0 Å². The summed E-state index contributed by atoms with van der Waals surface area (Å²) in [6, 6.07) is 22.5. The summed E-state index contributed by atoms with van der Waals surface area (Å²) in [5.74, 6) is -2.70. The molecule has 1 heterocycles. The minimum absolute atomic E-state index is 0.0635. The van der Waals surface area contributed by atoms with Gasteiger partial charge in [0.2, 0.25) is 0 Å². The molecule has 1 aliphatic heterocycles. The number of hydrogen-bond acceptors (Lipinski definition) is 9. The van der Waals surface area contributed by atoms with Crippen LogP contribution in [0.15, 0.2) is 109 Å². The lowest BCUT2D eigenvalue weighted by Gasteiger charge is -2.14. The maximum absolute atomic E-state index is 12.6. The molecule has 0 saturated heterocycles. The Balaban J connectivity index is 1.08. The van der Waals surface area contributed by atoms with Gasteiger partial charge in [0.1, 0.15) is 28.4 Å². The molecule has 10 nitrogen and oxygen atoms in total. The van der Waals surface area contributed by atoms with E-state index in [-0.39, 0.29) is 40.5 Å². The fourth-order valence-corrected chi connectivity index (χ4v) is 4.55. The standard InChI is InChI=1S/C35H23ClF3NO9/c36-29(34(45)49-28-15-7-24(8-16-28)40-30(41)17-18-31(40)42)19-21-1-9-26(10-2-21)47-33(44)23-5-13-27(14-6-23)48-32(43)22-3-11-25(12-4-22)46-20-35(37,38)39/h1-18,29H,19-20H2. The first-order valence-electron chi connectivity index (χ1n) is 14.3. The van der Waals surface area contributed by atoms with Crippen molar-refractivity contribution >= 4 is 47.0 Å². The molecule has 0 fully saturated rings. The van der Waals surface area contributed by atoms with Crippen molar-refractivity contribution in [1.82, 2.24) is 0 Å². The SMILES string of the molecule is O=C(Oc1ccc(C(=O)Oc2ccc(CC(Cl)C(=O)Oc3ccc(N4C(=O)C=CC4=O)cc3)cc2)cc1)c1ccc(OCC(F)(F)F)cc1. The summed E-state index contributed by atoms with van der Waals surface area (Å²) < 4.78 is 57.4. The van der Waals surface area contributed by atoms with E-state index in [0.717, 1.165) is 17.1 Å². The largest absolute Gasteiger partial charge is 0.484 e. The minimum Gasteiger partial charge on any atom is -0.484 e. The highest BCUT2D eigenvalue weighted by Crippen LogP contribution is 2.25. The van der Waals surface area contributed by atoms with Gasteiger partial charge in [-0.25, -0.2) is 14.5 Å². The lowest BCUT2D eigenvalue weighted by molar-refractivity contribution is -0.153. The number of ether oxygens (including phenoxy) is 4. The van der Waals surface area contributed by atoms with Crippen LogP contribution in [0, 0.1) is 0 Å². The molecule has 0 aromatic heterocycles. The highest BCUT2D eigenvalue weighted by Gasteiger charge is 2.28. The van der Waals surface area contributed by atoms with Crippen LogP contribution >= 0.6 is 11.6 Å². The number of esters is 3. The third-order valence-electron chi connectivity index (χ3n) is 6.72. The zero-order valence-electron chi connectivity index (χ0n) is 25.0. The molecule has 0 N–H and O–H groups in total. The van der Waals surface area contributed by atoms with E-state index in [1.54, 1.807) is 12.1 Å². The van der Waals surface area contributed by atoms with Crippen LogP contribution < -0.4 is 23.8 Å². The van der Waals surface area contributed by atoms with Gasteiger partial charge in [0.05, 0.1) is 16.8 Å². The summed E-state index contributed by atoms with van der Waals surface area (Å²) in [6.07, 6.45) is -2.07. The lowest BCUT2D eigenvalue weighted by atomic mass is 10.1. The second kappa shape index (κ2) is 14.9. The molecular formula is C35H23ClF3NO9. The average Bonchev–Trinajstić information content (AvgIpc) is 3.42. The van der Waals surface area contributed by atoms with Gasteiger partial charge in [0.15, 0.2) is 6.61 Å². The number of carbonyl (C=O) groups is 5. The molecule has 14 heteroatoms. The molecular weight excluding hydrogens is 671 g/mol. The quantitative estimate of drug-likeness (QED) is 0.0776. The summed E-state index contributed by atoms with van der Waals surface area (Å²) in [6.45, 7) is -1.46. The Hall–Kier alpha value is -5.95. The Morgan fingerprint density at radius 3 is 1.55 bits per heavy atom. The number of alkyl halides is 4. The van der Waals surface area contributed by atoms with Gasteiger partial charge in [-0.1, -0.05) is 12.1 Å². The van der Waals surface area contributed by atoms with Crippen LogP contribution in [-0.2, 0) is 20.8 Å². The smallest absolute Gasteiger partial charge is 0.422 e. The molecule has 4 aromatic carbocycles. The van der Waals surface area contributed by atoms with Crippen molar-refractivity contribution in [1.29, 1.82) is 0 Å². The highest BCUT2D eigenvalue weighted by atomic mass is 35.5. The molecule has 0 aliphatic carbocycles. The maximum atomic E-state index is 12.6. The number of rotatable bonds is 11. The van der Waals surface area contributed by atoms with E-state index in [1.165, 1.54) is 84.9 Å². The Morgan fingerprint density at radius 1 is 0.633 bits per heavy atom. The van der Waals surface area contributed by atoms with E-state index in [2.05, 4.69) is 4.74 Å². The van der Waals surface area contributed by atoms with Crippen molar-refractivity contribution in [2.24, 2.45) is 0 Å². The van der Waals surface area contributed by atoms with Crippen LogP contribution in [-0.4, -0.2) is 47.9 Å². The first-order chi connectivity index (χ1) is 23.3.